The third-order valence-electron chi connectivity index (χ3n) is 5.90. The number of hydrogen-bond acceptors (Lipinski definition) is 9. The second-order valence-corrected chi connectivity index (χ2v) is 9.07. The molecule has 1 aromatic rings. The van der Waals surface area contributed by atoms with Crippen LogP contribution in [0.1, 0.15) is 29.3 Å². The number of amides is 3. The van der Waals surface area contributed by atoms with Gasteiger partial charge in [-0.3, -0.25) is 9.69 Å². The molecule has 3 unspecified atom stereocenters. The Morgan fingerprint density at radius 1 is 1.22 bits per heavy atom. The number of aromatic hydroxyl groups is 2. The van der Waals surface area contributed by atoms with E-state index in [1.54, 1.807) is 25.2 Å². The Bertz CT molecular complexity index is 1160. The number of urea groups is 1. The van der Waals surface area contributed by atoms with Gasteiger partial charge in [0.15, 0.2) is 0 Å². The maximum Gasteiger partial charge on any atom is 0.342 e. The topological polar surface area (TPSA) is 142 Å². The van der Waals surface area contributed by atoms with Gasteiger partial charge in [0.2, 0.25) is 5.91 Å². The zero-order chi connectivity index (χ0) is 26.0. The summed E-state index contributed by atoms with van der Waals surface area (Å²) in [5, 5.41) is 24.6. The molecule has 0 bridgehead atoms. The quantitative estimate of drug-likeness (QED) is 0.203. The van der Waals surface area contributed by atoms with Crippen molar-refractivity contribution in [2.24, 2.45) is 5.16 Å². The second kappa shape index (κ2) is 10.6. The number of phenolic OH excluding ortho intramolecular Hbond substituents is 2. The Kier molecular flexibility index (Phi) is 7.51. The molecule has 192 valence electrons. The number of ether oxygens (including phenoxy) is 2. The van der Waals surface area contributed by atoms with E-state index in [1.807, 2.05) is 6.08 Å². The molecule has 2 N–H and O–H groups in total. The fourth-order valence-corrected chi connectivity index (χ4v) is 4.22. The summed E-state index contributed by atoms with van der Waals surface area (Å²) in [6.07, 6.45) is 6.64. The first kappa shape index (κ1) is 25.5. The molecule has 2 fully saturated rings. The molecule has 1 aromatic carbocycles. The van der Waals surface area contributed by atoms with Gasteiger partial charge in [-0.25, -0.2) is 9.59 Å². The number of phenols is 2. The molecule has 0 spiro atoms. The summed E-state index contributed by atoms with van der Waals surface area (Å²) in [4.78, 5) is 44.6. The highest BCUT2D eigenvalue weighted by atomic mass is 35.5. The van der Waals surface area contributed by atoms with Gasteiger partial charge in [0.25, 0.3) is 0 Å². The third-order valence-corrected chi connectivity index (χ3v) is 6.32. The van der Waals surface area contributed by atoms with Gasteiger partial charge >= 0.3 is 12.0 Å². The highest BCUT2D eigenvalue weighted by Gasteiger charge is 2.38. The minimum atomic E-state index is -0.805. The van der Waals surface area contributed by atoms with Crippen LogP contribution in [0.3, 0.4) is 0 Å². The zero-order valence-electron chi connectivity index (χ0n) is 19.7. The predicted molar refractivity (Wildman–Crippen MR) is 128 cm³/mol. The third kappa shape index (κ3) is 5.63. The van der Waals surface area contributed by atoms with Crippen LogP contribution in [0.5, 0.6) is 11.5 Å². The molecule has 0 radical (unpaired) electrons. The number of esters is 1. The fourth-order valence-electron chi connectivity index (χ4n) is 4.00. The Labute approximate surface area is 212 Å². The SMILES string of the molecule is CC1CC2OC2/C=C/C=C/C(=N\OCCN2C(=O)CN(C)C2=O)Cc2c(Cl)c(O)cc(O)c2C(=O)O1. The van der Waals surface area contributed by atoms with E-state index in [0.717, 1.165) is 11.0 Å². The number of imide groups is 1. The first-order valence-corrected chi connectivity index (χ1v) is 11.7. The molecule has 3 amide bonds. The summed E-state index contributed by atoms with van der Waals surface area (Å²) >= 11 is 6.32. The molecular formula is C24H26ClN3O8. The lowest BCUT2D eigenvalue weighted by molar-refractivity contribution is -0.125. The number of allylic oxidation sites excluding steroid dienone is 3. The number of epoxide rings is 1. The van der Waals surface area contributed by atoms with E-state index in [1.165, 1.54) is 11.9 Å². The number of nitrogens with zero attached hydrogens (tertiary/aromatic N) is 3. The van der Waals surface area contributed by atoms with Gasteiger partial charge in [-0.2, -0.15) is 0 Å². The number of benzene rings is 1. The lowest BCUT2D eigenvalue weighted by Crippen LogP contribution is -2.34. The number of cyclic esters (lactones) is 1. The largest absolute Gasteiger partial charge is 0.507 e. The van der Waals surface area contributed by atoms with Crippen molar-refractivity contribution >= 4 is 35.2 Å². The van der Waals surface area contributed by atoms with Crippen molar-refractivity contribution in [3.05, 3.63) is 46.5 Å². The van der Waals surface area contributed by atoms with Crippen LogP contribution >= 0.6 is 11.6 Å². The average Bonchev–Trinajstić information content (AvgIpc) is 3.49. The van der Waals surface area contributed by atoms with E-state index in [0.29, 0.717) is 6.42 Å². The van der Waals surface area contributed by atoms with Crippen molar-refractivity contribution in [2.45, 2.75) is 38.1 Å². The molecule has 3 aliphatic rings. The first-order valence-electron chi connectivity index (χ1n) is 11.3. The first-order chi connectivity index (χ1) is 17.2. The number of fused-ring (bicyclic) bond motifs is 2. The molecule has 0 saturated carbocycles. The van der Waals surface area contributed by atoms with Crippen LogP contribution in [-0.4, -0.2) is 88.7 Å². The maximum absolute atomic E-state index is 13.0. The van der Waals surface area contributed by atoms with E-state index in [4.69, 9.17) is 25.9 Å². The van der Waals surface area contributed by atoms with E-state index in [2.05, 4.69) is 5.16 Å². The summed E-state index contributed by atoms with van der Waals surface area (Å²) < 4.78 is 11.1. The van der Waals surface area contributed by atoms with Gasteiger partial charge in [-0.1, -0.05) is 35.0 Å². The molecule has 0 aliphatic carbocycles. The Morgan fingerprint density at radius 2 is 2.00 bits per heavy atom. The van der Waals surface area contributed by atoms with Crippen molar-refractivity contribution < 1.29 is 38.9 Å². The Morgan fingerprint density at radius 3 is 2.72 bits per heavy atom. The van der Waals surface area contributed by atoms with Crippen molar-refractivity contribution in [1.29, 1.82) is 0 Å². The predicted octanol–water partition coefficient (Wildman–Crippen LogP) is 2.39. The molecule has 3 atom stereocenters. The monoisotopic (exact) mass is 519 g/mol. The zero-order valence-corrected chi connectivity index (χ0v) is 20.5. The number of halogens is 1. The molecule has 12 heteroatoms. The highest BCUT2D eigenvalue weighted by Crippen LogP contribution is 2.38. The van der Waals surface area contributed by atoms with Crippen LogP contribution < -0.4 is 0 Å². The minimum Gasteiger partial charge on any atom is -0.507 e. The second-order valence-electron chi connectivity index (χ2n) is 8.69. The van der Waals surface area contributed by atoms with Gasteiger partial charge in [-0.15, -0.1) is 0 Å². The number of rotatable bonds is 4. The number of likely N-dealkylation sites (N-methyl/N-ethyl adjacent to an activating group) is 1. The molecule has 36 heavy (non-hydrogen) atoms. The molecule has 0 aromatic heterocycles. The van der Waals surface area contributed by atoms with Crippen molar-refractivity contribution in [3.8, 4) is 11.5 Å². The average molecular weight is 520 g/mol. The molecule has 11 nitrogen and oxygen atoms in total. The normalized spacial score (nSPS) is 27.2. The Balaban J connectivity index is 1.60. The van der Waals surface area contributed by atoms with Crippen molar-refractivity contribution in [1.82, 2.24) is 9.80 Å². The molecule has 3 aliphatic heterocycles. The van der Waals surface area contributed by atoms with E-state index >= 15 is 0 Å². The maximum atomic E-state index is 13.0. The summed E-state index contributed by atoms with van der Waals surface area (Å²) in [6, 6.07) is 0.558. The van der Waals surface area contributed by atoms with Crippen LogP contribution in [0.15, 0.2) is 35.5 Å². The number of oxime groups is 1. The molecular weight excluding hydrogens is 494 g/mol. The van der Waals surface area contributed by atoms with Gasteiger partial charge in [0.1, 0.15) is 42.4 Å². The van der Waals surface area contributed by atoms with E-state index in [-0.39, 0.29) is 66.1 Å². The molecule has 2 saturated heterocycles. The van der Waals surface area contributed by atoms with Crippen LogP contribution in [0.25, 0.3) is 0 Å². The van der Waals surface area contributed by atoms with Crippen LogP contribution in [0.2, 0.25) is 5.02 Å². The van der Waals surface area contributed by atoms with Crippen LogP contribution in [0, 0.1) is 0 Å². The summed E-state index contributed by atoms with van der Waals surface area (Å²) in [7, 11) is 1.53. The molecule has 3 heterocycles. The number of carbonyl (C=O) groups is 3. The summed E-state index contributed by atoms with van der Waals surface area (Å²) in [6.45, 7) is 1.66. The minimum absolute atomic E-state index is 0.00494. The van der Waals surface area contributed by atoms with E-state index < -0.39 is 29.6 Å². The highest BCUT2D eigenvalue weighted by molar-refractivity contribution is 6.33. The fraction of sp³-hybridized carbons (Fsp3) is 0.417. The van der Waals surface area contributed by atoms with E-state index in [9.17, 15) is 24.6 Å². The summed E-state index contributed by atoms with van der Waals surface area (Å²) in [5.74, 6) is -2.04. The standard InChI is InChI=1S/C24H26ClN3O8/c1-13-9-19-18(36-19)6-4-3-5-14(26-34-8-7-28-20(31)12-27(2)24(28)33)10-15-21(23(32)35-13)16(29)11-17(30)22(15)25/h3-6,11,13,18-19,29-30H,7-10,12H2,1-2H3/b5-3+,6-4+,26-14+. The number of carbonyl (C=O) groups excluding carboxylic acids is 3. The summed E-state index contributed by atoms with van der Waals surface area (Å²) in [5.41, 5.74) is 0.199. The van der Waals surface area contributed by atoms with Gasteiger partial charge in [-0.05, 0) is 18.6 Å². The smallest absolute Gasteiger partial charge is 0.342 e. The van der Waals surface area contributed by atoms with Crippen LogP contribution in [0.4, 0.5) is 4.79 Å². The van der Waals surface area contributed by atoms with Crippen molar-refractivity contribution in [3.63, 3.8) is 0 Å². The molecule has 4 rings (SSSR count). The van der Waals surface area contributed by atoms with Crippen molar-refractivity contribution in [2.75, 3.05) is 26.7 Å². The number of hydrogen-bond donors (Lipinski definition) is 2. The van der Waals surface area contributed by atoms with Gasteiger partial charge < -0.3 is 29.4 Å². The lowest BCUT2D eigenvalue weighted by Gasteiger charge is -2.17. The van der Waals surface area contributed by atoms with Crippen LogP contribution in [-0.2, 0) is 25.5 Å². The van der Waals surface area contributed by atoms with Gasteiger partial charge in [0.05, 0.1) is 23.4 Å². The van der Waals surface area contributed by atoms with Gasteiger partial charge in [0, 0.05) is 26.0 Å². The Hall–Kier alpha value is -3.57. The lowest BCUT2D eigenvalue weighted by atomic mass is 9.99.